The summed E-state index contributed by atoms with van der Waals surface area (Å²) >= 11 is 0. The van der Waals surface area contributed by atoms with Crippen molar-refractivity contribution in [2.75, 3.05) is 43.9 Å². The topological polar surface area (TPSA) is 109 Å². The molecule has 0 unspecified atom stereocenters. The molecular weight excluding hydrogens is 320 g/mol. The Balaban J connectivity index is 1.62. The van der Waals surface area contributed by atoms with Crippen molar-refractivity contribution in [1.82, 2.24) is 29.6 Å². The van der Waals surface area contributed by atoms with Gasteiger partial charge in [0.25, 0.3) is 0 Å². The Morgan fingerprint density at radius 1 is 1.32 bits per heavy atom. The van der Waals surface area contributed by atoms with Crippen LogP contribution in [0.4, 0.5) is 11.8 Å². The van der Waals surface area contributed by atoms with Crippen molar-refractivity contribution in [1.29, 1.82) is 0 Å². The summed E-state index contributed by atoms with van der Waals surface area (Å²) in [7, 11) is 3.99. The van der Waals surface area contributed by atoms with Gasteiger partial charge in [0.2, 0.25) is 5.95 Å². The van der Waals surface area contributed by atoms with Gasteiger partial charge >= 0.3 is 0 Å². The molecule has 3 N–H and O–H groups in total. The lowest BCUT2D eigenvalue weighted by Gasteiger charge is -2.32. The van der Waals surface area contributed by atoms with E-state index < -0.39 is 0 Å². The molecule has 0 bridgehead atoms. The number of aliphatic hydroxyl groups excluding tert-OH is 1. The summed E-state index contributed by atoms with van der Waals surface area (Å²) in [5.74, 6) is 3.55. The molecular formula is C16H26N8O. The van der Waals surface area contributed by atoms with Gasteiger partial charge in [-0.3, -0.25) is 4.90 Å². The molecule has 0 spiro atoms. The molecule has 3 heterocycles. The molecule has 136 valence electrons. The number of aromatic nitrogens is 5. The number of nitrogen functional groups attached to an aromatic ring is 1. The number of hydrogen-bond acceptors (Lipinski definition) is 8. The summed E-state index contributed by atoms with van der Waals surface area (Å²) in [6.45, 7) is 3.28. The highest BCUT2D eigenvalue weighted by Crippen LogP contribution is 2.29. The quantitative estimate of drug-likeness (QED) is 0.752. The van der Waals surface area contributed by atoms with E-state index in [4.69, 9.17) is 10.8 Å². The standard InChI is InChI=1S/C16H26N8O/c1-22(9-10-25)11-14-20-21-15(23(14)2)12-4-7-24(8-5-12)13-3-6-18-16(17)19-13/h3,6,12,25H,4-5,7-11H2,1-2H3,(H2,17,18,19). The van der Waals surface area contributed by atoms with Gasteiger partial charge in [0, 0.05) is 38.8 Å². The van der Waals surface area contributed by atoms with Gasteiger partial charge in [-0.1, -0.05) is 0 Å². The predicted molar refractivity (Wildman–Crippen MR) is 95.1 cm³/mol. The fourth-order valence-electron chi connectivity index (χ4n) is 3.27. The Labute approximate surface area is 147 Å². The number of aliphatic hydroxyl groups is 1. The third-order valence-corrected chi connectivity index (χ3v) is 4.74. The van der Waals surface area contributed by atoms with E-state index in [0.29, 0.717) is 25.0 Å². The number of piperidine rings is 1. The predicted octanol–water partition coefficient (Wildman–Crippen LogP) is -0.00460. The van der Waals surface area contributed by atoms with Crippen LogP contribution in [0.1, 0.15) is 30.4 Å². The van der Waals surface area contributed by atoms with Crippen LogP contribution >= 0.6 is 0 Å². The number of rotatable bonds is 6. The fourth-order valence-corrected chi connectivity index (χ4v) is 3.27. The zero-order valence-corrected chi connectivity index (χ0v) is 14.8. The van der Waals surface area contributed by atoms with E-state index in [9.17, 15) is 0 Å². The zero-order chi connectivity index (χ0) is 17.8. The number of hydrogen-bond donors (Lipinski definition) is 2. The van der Waals surface area contributed by atoms with Crippen LogP contribution in [0.15, 0.2) is 12.3 Å². The van der Waals surface area contributed by atoms with Crippen LogP contribution in [0.5, 0.6) is 0 Å². The van der Waals surface area contributed by atoms with E-state index in [-0.39, 0.29) is 6.61 Å². The van der Waals surface area contributed by atoms with Crippen LogP contribution in [0.3, 0.4) is 0 Å². The highest BCUT2D eigenvalue weighted by Gasteiger charge is 2.26. The maximum Gasteiger partial charge on any atom is 0.221 e. The summed E-state index contributed by atoms with van der Waals surface area (Å²) in [4.78, 5) is 12.5. The second kappa shape index (κ2) is 7.75. The van der Waals surface area contributed by atoms with Crippen LogP contribution in [-0.4, -0.2) is 68.0 Å². The van der Waals surface area contributed by atoms with Crippen molar-refractivity contribution in [2.45, 2.75) is 25.3 Å². The Kier molecular flexibility index (Phi) is 5.44. The van der Waals surface area contributed by atoms with E-state index in [0.717, 1.165) is 43.4 Å². The summed E-state index contributed by atoms with van der Waals surface area (Å²) in [5.41, 5.74) is 5.68. The van der Waals surface area contributed by atoms with E-state index in [2.05, 4.69) is 29.6 Å². The summed E-state index contributed by atoms with van der Waals surface area (Å²) < 4.78 is 2.09. The molecule has 1 aliphatic rings. The third kappa shape index (κ3) is 4.05. The second-order valence-corrected chi connectivity index (χ2v) is 6.53. The molecule has 0 radical (unpaired) electrons. The lowest BCUT2D eigenvalue weighted by atomic mass is 9.96. The zero-order valence-electron chi connectivity index (χ0n) is 14.8. The Morgan fingerprint density at radius 2 is 2.08 bits per heavy atom. The summed E-state index contributed by atoms with van der Waals surface area (Å²) in [5, 5.41) is 17.8. The summed E-state index contributed by atoms with van der Waals surface area (Å²) in [6, 6.07) is 1.90. The van der Waals surface area contributed by atoms with Crippen molar-refractivity contribution < 1.29 is 5.11 Å². The van der Waals surface area contributed by atoms with Crippen LogP contribution in [0, 0.1) is 0 Å². The Morgan fingerprint density at radius 3 is 2.76 bits per heavy atom. The molecule has 0 saturated carbocycles. The highest BCUT2D eigenvalue weighted by molar-refractivity contribution is 5.41. The van der Waals surface area contributed by atoms with Gasteiger partial charge in [-0.15, -0.1) is 10.2 Å². The van der Waals surface area contributed by atoms with Crippen LogP contribution in [-0.2, 0) is 13.6 Å². The normalized spacial score (nSPS) is 15.9. The van der Waals surface area contributed by atoms with Crippen molar-refractivity contribution in [2.24, 2.45) is 7.05 Å². The number of nitrogens with zero attached hydrogens (tertiary/aromatic N) is 7. The molecule has 9 heteroatoms. The van der Waals surface area contributed by atoms with Crippen LogP contribution in [0.25, 0.3) is 0 Å². The van der Waals surface area contributed by atoms with Gasteiger partial charge in [0.05, 0.1) is 13.2 Å². The summed E-state index contributed by atoms with van der Waals surface area (Å²) in [6.07, 6.45) is 3.70. The molecule has 0 amide bonds. The molecule has 25 heavy (non-hydrogen) atoms. The third-order valence-electron chi connectivity index (χ3n) is 4.74. The average Bonchev–Trinajstić information content (AvgIpc) is 2.96. The van der Waals surface area contributed by atoms with E-state index in [1.807, 2.05) is 25.1 Å². The van der Waals surface area contributed by atoms with Gasteiger partial charge in [0.1, 0.15) is 17.5 Å². The van der Waals surface area contributed by atoms with Gasteiger partial charge in [-0.2, -0.15) is 4.98 Å². The lowest BCUT2D eigenvalue weighted by Crippen LogP contribution is -2.34. The monoisotopic (exact) mass is 346 g/mol. The van der Waals surface area contributed by atoms with Gasteiger partial charge in [-0.05, 0) is 26.0 Å². The van der Waals surface area contributed by atoms with E-state index >= 15 is 0 Å². The SMILES string of the molecule is CN(CCO)Cc1nnc(C2CCN(c3ccnc(N)n3)CC2)n1C. The maximum atomic E-state index is 9.02. The minimum absolute atomic E-state index is 0.146. The first-order chi connectivity index (χ1) is 12.1. The molecule has 3 rings (SSSR count). The van der Waals surface area contributed by atoms with Crippen LogP contribution < -0.4 is 10.6 Å². The lowest BCUT2D eigenvalue weighted by molar-refractivity contribution is 0.213. The first-order valence-electron chi connectivity index (χ1n) is 8.59. The molecule has 2 aromatic heterocycles. The number of anilines is 2. The van der Waals surface area contributed by atoms with Crippen molar-refractivity contribution >= 4 is 11.8 Å². The molecule has 9 nitrogen and oxygen atoms in total. The first-order valence-corrected chi connectivity index (χ1v) is 8.59. The van der Waals surface area contributed by atoms with Crippen molar-refractivity contribution in [3.63, 3.8) is 0 Å². The van der Waals surface area contributed by atoms with Crippen molar-refractivity contribution in [3.8, 4) is 0 Å². The smallest absolute Gasteiger partial charge is 0.221 e. The molecule has 0 atom stereocenters. The number of nitrogens with two attached hydrogens (primary N) is 1. The largest absolute Gasteiger partial charge is 0.395 e. The highest BCUT2D eigenvalue weighted by atomic mass is 16.3. The molecule has 0 aliphatic carbocycles. The Hall–Kier alpha value is -2.26. The number of likely N-dealkylation sites (N-methyl/N-ethyl adjacent to an activating group) is 1. The fraction of sp³-hybridized carbons (Fsp3) is 0.625. The van der Waals surface area contributed by atoms with E-state index in [1.54, 1.807) is 6.20 Å². The van der Waals surface area contributed by atoms with Crippen molar-refractivity contribution in [3.05, 3.63) is 23.9 Å². The van der Waals surface area contributed by atoms with Gasteiger partial charge in [-0.25, -0.2) is 4.98 Å². The maximum absolute atomic E-state index is 9.02. The minimum atomic E-state index is 0.146. The van der Waals surface area contributed by atoms with Gasteiger partial charge in [0.15, 0.2) is 0 Å². The van der Waals surface area contributed by atoms with Crippen LogP contribution in [0.2, 0.25) is 0 Å². The van der Waals surface area contributed by atoms with E-state index in [1.165, 1.54) is 0 Å². The average molecular weight is 346 g/mol. The molecule has 1 aliphatic heterocycles. The molecule has 1 fully saturated rings. The Bertz CT molecular complexity index is 695. The minimum Gasteiger partial charge on any atom is -0.395 e. The first kappa shape index (κ1) is 17.6. The van der Waals surface area contributed by atoms with Gasteiger partial charge < -0.3 is 20.3 Å². The second-order valence-electron chi connectivity index (χ2n) is 6.53. The molecule has 2 aromatic rings. The molecule has 0 aromatic carbocycles. The molecule has 1 saturated heterocycles.